The van der Waals surface area contributed by atoms with Gasteiger partial charge >= 0.3 is 13.1 Å². The van der Waals surface area contributed by atoms with Crippen molar-refractivity contribution in [2.24, 2.45) is 11.1 Å². The quantitative estimate of drug-likeness (QED) is 0.663. The molecule has 146 valence electrons. The lowest BCUT2D eigenvalue weighted by molar-refractivity contribution is -0.143. The highest BCUT2D eigenvalue weighted by atomic mass is 16.5. The smallest absolute Gasteiger partial charge is 0.522 e. The average Bonchev–Trinajstić information content (AvgIpc) is 2.54. The van der Waals surface area contributed by atoms with Gasteiger partial charge in [0.1, 0.15) is 23.2 Å². The van der Waals surface area contributed by atoms with Crippen molar-refractivity contribution in [1.29, 1.82) is 0 Å². The van der Waals surface area contributed by atoms with Crippen LogP contribution in [0, 0.1) is 5.41 Å². The largest absolute Gasteiger partial charge is 0.535 e. The first-order valence-electron chi connectivity index (χ1n) is 9.03. The van der Waals surface area contributed by atoms with Crippen molar-refractivity contribution in [3.05, 3.63) is 23.3 Å². The van der Waals surface area contributed by atoms with Crippen molar-refractivity contribution in [3.8, 4) is 11.5 Å². The lowest BCUT2D eigenvalue weighted by Crippen LogP contribution is -2.61. The summed E-state index contributed by atoms with van der Waals surface area (Å²) in [5.74, 6) is -0.996. The number of amides is 1. The fourth-order valence-electron chi connectivity index (χ4n) is 3.15. The van der Waals surface area contributed by atoms with Gasteiger partial charge in [0, 0.05) is 0 Å². The molecule has 1 atom stereocenters. The molecule has 0 bridgehead atoms. The molecule has 1 fully saturated rings. The van der Waals surface area contributed by atoms with Gasteiger partial charge in [-0.25, -0.2) is 4.79 Å². The van der Waals surface area contributed by atoms with E-state index in [9.17, 15) is 19.7 Å². The molecule has 2 aliphatic heterocycles. The third-order valence-corrected chi connectivity index (χ3v) is 4.98. The average molecular weight is 376 g/mol. The van der Waals surface area contributed by atoms with Crippen molar-refractivity contribution in [2.75, 3.05) is 13.1 Å². The molecule has 0 aliphatic carbocycles. The fraction of sp³-hybridized carbons (Fsp3) is 0.556. The number of carbonyl (C=O) groups excluding carboxylic acids is 1. The monoisotopic (exact) mass is 376 g/mol. The van der Waals surface area contributed by atoms with Crippen LogP contribution >= 0.6 is 0 Å². The maximum Gasteiger partial charge on any atom is 0.522 e. The molecule has 1 saturated heterocycles. The van der Waals surface area contributed by atoms with E-state index in [0.717, 1.165) is 5.56 Å². The maximum absolute atomic E-state index is 12.4. The van der Waals surface area contributed by atoms with Crippen molar-refractivity contribution in [1.82, 2.24) is 4.90 Å². The minimum atomic E-state index is -1.18. The Morgan fingerprint density at radius 1 is 1.37 bits per heavy atom. The van der Waals surface area contributed by atoms with Gasteiger partial charge in [-0.2, -0.15) is 0 Å². The van der Waals surface area contributed by atoms with Crippen LogP contribution in [0.25, 0.3) is 0 Å². The molecule has 2 aliphatic rings. The second-order valence-electron chi connectivity index (χ2n) is 8.17. The SMILES string of the molecule is CC(C)(C)[C@@H](N)C(=O)N1CC(Oc2ccc3c(c2C(=O)O)OB(O)CC3)C1. The topological polar surface area (TPSA) is 122 Å². The molecule has 0 saturated carbocycles. The molecule has 1 aromatic rings. The zero-order valence-electron chi connectivity index (χ0n) is 15.8. The summed E-state index contributed by atoms with van der Waals surface area (Å²) in [7, 11) is -1.03. The number of rotatable bonds is 4. The van der Waals surface area contributed by atoms with Gasteiger partial charge < -0.3 is 30.2 Å². The van der Waals surface area contributed by atoms with E-state index in [2.05, 4.69) is 0 Å². The number of aromatic carboxylic acids is 1. The molecular formula is C18H25BN2O6. The Kier molecular flexibility index (Phi) is 5.09. The van der Waals surface area contributed by atoms with E-state index in [4.69, 9.17) is 15.1 Å². The van der Waals surface area contributed by atoms with E-state index in [1.165, 1.54) is 0 Å². The molecule has 2 heterocycles. The number of benzene rings is 1. The number of ether oxygens (including phenoxy) is 1. The van der Waals surface area contributed by atoms with E-state index >= 15 is 0 Å². The Labute approximate surface area is 158 Å². The van der Waals surface area contributed by atoms with Gasteiger partial charge in [-0.05, 0) is 29.8 Å². The molecule has 4 N–H and O–H groups in total. The summed E-state index contributed by atoms with van der Waals surface area (Å²) in [6.45, 7) is 6.42. The van der Waals surface area contributed by atoms with Crippen LogP contribution in [0.4, 0.5) is 0 Å². The van der Waals surface area contributed by atoms with Gasteiger partial charge in [0.25, 0.3) is 0 Å². The van der Waals surface area contributed by atoms with Crippen LogP contribution in [-0.4, -0.2) is 59.3 Å². The van der Waals surface area contributed by atoms with Gasteiger partial charge in [-0.15, -0.1) is 0 Å². The van der Waals surface area contributed by atoms with Crippen molar-refractivity contribution in [2.45, 2.75) is 45.7 Å². The summed E-state index contributed by atoms with van der Waals surface area (Å²) < 4.78 is 11.2. The minimum Gasteiger partial charge on any atom is -0.535 e. The first-order valence-corrected chi connectivity index (χ1v) is 9.03. The number of hydrogen-bond acceptors (Lipinski definition) is 6. The van der Waals surface area contributed by atoms with Gasteiger partial charge in [0.15, 0.2) is 0 Å². The summed E-state index contributed by atoms with van der Waals surface area (Å²) in [5, 5.41) is 19.3. The number of carboxylic acid groups (broad SMARTS) is 1. The van der Waals surface area contributed by atoms with E-state index in [1.807, 2.05) is 20.8 Å². The Morgan fingerprint density at radius 3 is 2.63 bits per heavy atom. The highest BCUT2D eigenvalue weighted by molar-refractivity contribution is 6.44. The van der Waals surface area contributed by atoms with Crippen LogP contribution in [0.2, 0.25) is 6.32 Å². The normalized spacial score (nSPS) is 18.3. The van der Waals surface area contributed by atoms with Crippen LogP contribution in [0.5, 0.6) is 11.5 Å². The Morgan fingerprint density at radius 2 is 2.04 bits per heavy atom. The maximum atomic E-state index is 12.4. The second kappa shape index (κ2) is 7.05. The first kappa shape index (κ1) is 19.5. The summed E-state index contributed by atoms with van der Waals surface area (Å²) in [5.41, 5.74) is 6.30. The van der Waals surface area contributed by atoms with E-state index in [-0.39, 0.29) is 34.5 Å². The van der Waals surface area contributed by atoms with Crippen molar-refractivity contribution >= 4 is 19.0 Å². The molecule has 8 nitrogen and oxygen atoms in total. The fourth-order valence-corrected chi connectivity index (χ4v) is 3.15. The standard InChI is InChI=1S/C18H25BN2O6/c1-18(2,3)15(20)16(22)21-8-11(9-21)26-12-5-4-10-6-7-19(25)27-14(10)13(12)17(23)24/h4-5,11,15,25H,6-9,20H2,1-3H3,(H,23,24)/t15-/m0/s1. The summed E-state index contributed by atoms with van der Waals surface area (Å²) in [6, 6.07) is 2.75. The third-order valence-electron chi connectivity index (χ3n) is 4.98. The summed E-state index contributed by atoms with van der Waals surface area (Å²) in [6.07, 6.45) is 0.638. The number of fused-ring (bicyclic) bond motifs is 1. The van der Waals surface area contributed by atoms with Crippen LogP contribution < -0.4 is 15.1 Å². The van der Waals surface area contributed by atoms with Gasteiger partial charge in [0.2, 0.25) is 5.91 Å². The molecule has 0 unspecified atom stereocenters. The highest BCUT2D eigenvalue weighted by Gasteiger charge is 2.39. The highest BCUT2D eigenvalue weighted by Crippen LogP contribution is 2.37. The third kappa shape index (κ3) is 3.89. The van der Waals surface area contributed by atoms with Gasteiger partial charge in [-0.1, -0.05) is 26.8 Å². The number of nitrogens with zero attached hydrogens (tertiary/aromatic N) is 1. The second-order valence-corrected chi connectivity index (χ2v) is 8.17. The zero-order valence-corrected chi connectivity index (χ0v) is 15.8. The summed E-state index contributed by atoms with van der Waals surface area (Å²) >= 11 is 0. The molecule has 0 aromatic heterocycles. The molecule has 3 rings (SSSR count). The lowest BCUT2D eigenvalue weighted by atomic mass is 9.78. The molecule has 27 heavy (non-hydrogen) atoms. The Bertz CT molecular complexity index is 757. The molecular weight excluding hydrogens is 351 g/mol. The Balaban J connectivity index is 1.70. The zero-order chi connectivity index (χ0) is 19.9. The molecule has 9 heteroatoms. The van der Waals surface area contributed by atoms with E-state index in [0.29, 0.717) is 25.8 Å². The number of likely N-dealkylation sites (tertiary alicyclic amines) is 1. The first-order chi connectivity index (χ1) is 12.6. The van der Waals surface area contributed by atoms with Crippen molar-refractivity contribution < 1.29 is 29.1 Å². The number of hydrogen-bond donors (Lipinski definition) is 3. The van der Waals surface area contributed by atoms with Crippen LogP contribution in [0.3, 0.4) is 0 Å². The van der Waals surface area contributed by atoms with Crippen LogP contribution in [0.15, 0.2) is 12.1 Å². The predicted octanol–water partition coefficient (Wildman–Crippen LogP) is 0.763. The predicted molar refractivity (Wildman–Crippen MR) is 98.9 cm³/mol. The number of aryl methyl sites for hydroxylation is 1. The molecule has 0 spiro atoms. The van der Waals surface area contributed by atoms with Crippen LogP contribution in [0.1, 0.15) is 36.7 Å². The molecule has 1 amide bonds. The number of carboxylic acids is 1. The minimum absolute atomic E-state index is 0.0950. The molecule has 0 radical (unpaired) electrons. The van der Waals surface area contributed by atoms with Gasteiger partial charge in [-0.3, -0.25) is 4.79 Å². The van der Waals surface area contributed by atoms with E-state index < -0.39 is 19.1 Å². The lowest BCUT2D eigenvalue weighted by Gasteiger charge is -2.42. The Hall–Kier alpha value is -2.26. The van der Waals surface area contributed by atoms with Crippen molar-refractivity contribution in [3.63, 3.8) is 0 Å². The molecule has 1 aromatic carbocycles. The van der Waals surface area contributed by atoms with E-state index in [1.54, 1.807) is 17.0 Å². The van der Waals surface area contributed by atoms with Gasteiger partial charge in [0.05, 0.1) is 19.1 Å². The summed E-state index contributed by atoms with van der Waals surface area (Å²) in [4.78, 5) is 25.7. The number of carbonyl (C=O) groups is 2. The number of nitrogens with two attached hydrogens (primary N) is 1. The van der Waals surface area contributed by atoms with Crippen LogP contribution in [-0.2, 0) is 11.2 Å².